The number of fused-ring (bicyclic) bond motifs is 1. The molecule has 24 heavy (non-hydrogen) atoms. The van der Waals surface area contributed by atoms with Gasteiger partial charge in [0.2, 0.25) is 5.72 Å². The summed E-state index contributed by atoms with van der Waals surface area (Å²) in [7, 11) is 4.05. The van der Waals surface area contributed by atoms with Crippen molar-refractivity contribution >= 4 is 5.97 Å². The minimum atomic E-state index is -0.915. The van der Waals surface area contributed by atoms with Crippen LogP contribution < -0.4 is 5.32 Å². The summed E-state index contributed by atoms with van der Waals surface area (Å²) in [6.45, 7) is 5.72. The monoisotopic (exact) mass is 324 g/mol. The van der Waals surface area contributed by atoms with Crippen molar-refractivity contribution in [1.29, 1.82) is 0 Å². The Labute approximate surface area is 143 Å². The number of hydrogen-bond acceptors (Lipinski definition) is 4. The molecule has 1 unspecified atom stereocenters. The molecule has 0 spiro atoms. The third kappa shape index (κ3) is 2.83. The van der Waals surface area contributed by atoms with Gasteiger partial charge >= 0.3 is 5.97 Å². The number of rotatable bonds is 5. The molecule has 1 N–H and O–H groups in total. The van der Waals surface area contributed by atoms with Crippen LogP contribution in [-0.4, -0.2) is 38.1 Å². The maximum absolute atomic E-state index is 12.4. The van der Waals surface area contributed by atoms with Crippen LogP contribution in [-0.2, 0) is 10.5 Å². The number of hydrogen-bond donors (Lipinski definition) is 1. The smallest absolute Gasteiger partial charge is 0.340 e. The highest BCUT2D eigenvalue weighted by Gasteiger charge is 2.46. The van der Waals surface area contributed by atoms with Crippen molar-refractivity contribution < 1.29 is 9.53 Å². The minimum absolute atomic E-state index is 0.277. The van der Waals surface area contributed by atoms with E-state index in [-0.39, 0.29) is 5.97 Å². The number of likely N-dealkylation sites (N-methyl/N-ethyl adjacent to an activating group) is 1. The second-order valence-electron chi connectivity index (χ2n) is 6.65. The lowest BCUT2D eigenvalue weighted by Crippen LogP contribution is -2.46. The van der Waals surface area contributed by atoms with Crippen LogP contribution in [0, 0.1) is 13.8 Å². The normalized spacial score (nSPS) is 19.5. The summed E-state index contributed by atoms with van der Waals surface area (Å²) in [6.07, 6.45) is 0. The summed E-state index contributed by atoms with van der Waals surface area (Å²) < 4.78 is 5.91. The molecule has 1 aliphatic heterocycles. The zero-order valence-corrected chi connectivity index (χ0v) is 14.7. The van der Waals surface area contributed by atoms with E-state index in [4.69, 9.17) is 4.74 Å². The summed E-state index contributed by atoms with van der Waals surface area (Å²) in [5.41, 5.74) is 3.97. The molecule has 0 amide bonds. The lowest BCUT2D eigenvalue weighted by molar-refractivity contribution is -0.00527. The molecule has 0 saturated carbocycles. The quantitative estimate of drug-likeness (QED) is 0.859. The van der Waals surface area contributed by atoms with E-state index >= 15 is 0 Å². The van der Waals surface area contributed by atoms with Crippen LogP contribution in [0.15, 0.2) is 42.5 Å². The van der Waals surface area contributed by atoms with Crippen molar-refractivity contribution in [2.75, 3.05) is 27.2 Å². The summed E-state index contributed by atoms with van der Waals surface area (Å²) in [5.74, 6) is -0.277. The van der Waals surface area contributed by atoms with Crippen molar-refractivity contribution in [1.82, 2.24) is 10.2 Å². The molecule has 0 aromatic heterocycles. The van der Waals surface area contributed by atoms with Crippen molar-refractivity contribution in [2.24, 2.45) is 0 Å². The van der Waals surface area contributed by atoms with Gasteiger partial charge in [0.05, 0.1) is 5.56 Å². The van der Waals surface area contributed by atoms with E-state index in [1.165, 1.54) is 11.1 Å². The van der Waals surface area contributed by atoms with Gasteiger partial charge in [-0.2, -0.15) is 0 Å². The van der Waals surface area contributed by atoms with Gasteiger partial charge < -0.3 is 9.64 Å². The van der Waals surface area contributed by atoms with Gasteiger partial charge in [-0.05, 0) is 45.1 Å². The SMILES string of the molecule is Cc1ccc(C2(NCCN(C)C)OC(=O)c3ccccc32)cc1C. The lowest BCUT2D eigenvalue weighted by atomic mass is 9.91. The first-order valence-electron chi connectivity index (χ1n) is 8.24. The van der Waals surface area contributed by atoms with Crippen LogP contribution in [0.2, 0.25) is 0 Å². The fourth-order valence-electron chi connectivity index (χ4n) is 3.08. The highest BCUT2D eigenvalue weighted by atomic mass is 16.6. The van der Waals surface area contributed by atoms with Crippen molar-refractivity contribution in [3.8, 4) is 0 Å². The van der Waals surface area contributed by atoms with Crippen LogP contribution in [0.5, 0.6) is 0 Å². The molecule has 2 aromatic rings. The topological polar surface area (TPSA) is 41.6 Å². The zero-order valence-electron chi connectivity index (χ0n) is 14.7. The molecular formula is C20H24N2O2. The highest BCUT2D eigenvalue weighted by molar-refractivity contribution is 5.95. The van der Waals surface area contributed by atoms with Gasteiger partial charge in [0.25, 0.3) is 0 Å². The number of aryl methyl sites for hydroxylation is 2. The Morgan fingerprint density at radius 3 is 2.54 bits per heavy atom. The van der Waals surface area contributed by atoms with Crippen LogP contribution in [0.25, 0.3) is 0 Å². The van der Waals surface area contributed by atoms with Gasteiger partial charge in [-0.15, -0.1) is 0 Å². The summed E-state index contributed by atoms with van der Waals surface area (Å²) in [6, 6.07) is 13.8. The standard InChI is InChI=1S/C20H24N2O2/c1-14-9-10-16(13-15(14)2)20(21-11-12-22(3)4)18-8-6-5-7-17(18)19(23)24-20/h5-10,13,21H,11-12H2,1-4H3. The first kappa shape index (κ1) is 16.7. The summed E-state index contributed by atoms with van der Waals surface area (Å²) in [5, 5.41) is 3.49. The largest absolute Gasteiger partial charge is 0.431 e. The first-order valence-corrected chi connectivity index (χ1v) is 8.24. The number of benzene rings is 2. The van der Waals surface area contributed by atoms with Crippen molar-refractivity contribution in [3.63, 3.8) is 0 Å². The number of carbonyl (C=O) groups excluding carboxylic acids is 1. The average Bonchev–Trinajstić information content (AvgIpc) is 2.84. The third-order valence-corrected chi connectivity index (χ3v) is 4.62. The maximum atomic E-state index is 12.4. The van der Waals surface area contributed by atoms with E-state index in [0.717, 1.165) is 17.7 Å². The van der Waals surface area contributed by atoms with Crippen molar-refractivity contribution in [2.45, 2.75) is 19.6 Å². The Morgan fingerprint density at radius 1 is 1.08 bits per heavy atom. The van der Waals surface area contributed by atoms with Gasteiger partial charge in [0.1, 0.15) is 0 Å². The second-order valence-corrected chi connectivity index (χ2v) is 6.65. The number of ether oxygens (including phenoxy) is 1. The zero-order chi connectivity index (χ0) is 17.3. The van der Waals surface area contributed by atoms with Gasteiger partial charge in [0, 0.05) is 24.2 Å². The van der Waals surface area contributed by atoms with E-state index in [0.29, 0.717) is 12.1 Å². The third-order valence-electron chi connectivity index (χ3n) is 4.62. The van der Waals surface area contributed by atoms with E-state index in [1.807, 2.05) is 44.4 Å². The molecule has 1 atom stereocenters. The summed E-state index contributed by atoms with van der Waals surface area (Å²) >= 11 is 0. The van der Waals surface area contributed by atoms with E-state index in [1.54, 1.807) is 0 Å². The van der Waals surface area contributed by atoms with E-state index in [2.05, 4.69) is 36.2 Å². The number of esters is 1. The molecule has 126 valence electrons. The predicted molar refractivity (Wildman–Crippen MR) is 95.1 cm³/mol. The molecule has 1 heterocycles. The second kappa shape index (κ2) is 6.38. The Kier molecular flexibility index (Phi) is 4.43. The van der Waals surface area contributed by atoms with Crippen LogP contribution in [0.3, 0.4) is 0 Å². The number of carbonyl (C=O) groups is 1. The molecule has 4 nitrogen and oxygen atoms in total. The molecular weight excluding hydrogens is 300 g/mol. The Bertz CT molecular complexity index is 770. The van der Waals surface area contributed by atoms with Crippen LogP contribution in [0.1, 0.15) is 32.6 Å². The van der Waals surface area contributed by atoms with Crippen molar-refractivity contribution in [3.05, 3.63) is 70.3 Å². The molecule has 3 rings (SSSR count). The number of nitrogens with zero attached hydrogens (tertiary/aromatic N) is 1. The van der Waals surface area contributed by atoms with E-state index < -0.39 is 5.72 Å². The van der Waals surface area contributed by atoms with Crippen LogP contribution in [0.4, 0.5) is 0 Å². The number of cyclic esters (lactones) is 1. The molecule has 0 saturated heterocycles. The lowest BCUT2D eigenvalue weighted by Gasteiger charge is -2.31. The van der Waals surface area contributed by atoms with E-state index in [9.17, 15) is 4.79 Å². The Hall–Kier alpha value is -2.17. The Morgan fingerprint density at radius 2 is 1.83 bits per heavy atom. The molecule has 4 heteroatoms. The van der Waals surface area contributed by atoms with Gasteiger partial charge in [-0.1, -0.05) is 36.4 Å². The minimum Gasteiger partial charge on any atom is -0.431 e. The Balaban J connectivity index is 2.09. The maximum Gasteiger partial charge on any atom is 0.340 e. The van der Waals surface area contributed by atoms with Crippen LogP contribution >= 0.6 is 0 Å². The fourth-order valence-corrected chi connectivity index (χ4v) is 3.08. The fraction of sp³-hybridized carbons (Fsp3) is 0.350. The molecule has 2 aromatic carbocycles. The molecule has 0 bridgehead atoms. The average molecular weight is 324 g/mol. The first-order chi connectivity index (χ1) is 11.4. The van der Waals surface area contributed by atoms with Gasteiger partial charge in [0.15, 0.2) is 0 Å². The molecule has 0 fully saturated rings. The summed E-state index contributed by atoms with van der Waals surface area (Å²) in [4.78, 5) is 14.5. The van der Waals surface area contributed by atoms with Gasteiger partial charge in [-0.25, -0.2) is 4.79 Å². The number of nitrogens with one attached hydrogen (secondary N) is 1. The molecule has 0 radical (unpaired) electrons. The van der Waals surface area contributed by atoms with Gasteiger partial charge in [-0.3, -0.25) is 5.32 Å². The molecule has 1 aliphatic rings. The molecule has 0 aliphatic carbocycles. The highest BCUT2D eigenvalue weighted by Crippen LogP contribution is 2.40. The predicted octanol–water partition coefficient (Wildman–Crippen LogP) is 2.83.